The minimum Gasteiger partial charge on any atom is -0.321 e. The Hall–Kier alpha value is -2.54. The standard InChI is InChI=1S/C28H40N6O/c1-18(2)26(27-30-31-32-34(27)24-12-8-9-13-24)33(23-10-6-5-7-11-23)17-22-16-21-15-19(3)14-20(4)25(21)29-28(22)35/h14-16,18,23-24,26H,5-13,17H2,1-4H3,(H,29,35). The summed E-state index contributed by atoms with van der Waals surface area (Å²) in [6, 6.07) is 7.31. The number of hydrogen-bond acceptors (Lipinski definition) is 5. The number of aryl methyl sites for hydroxylation is 2. The molecule has 2 aliphatic rings. The normalized spacial score (nSPS) is 18.8. The highest BCUT2D eigenvalue weighted by Crippen LogP contribution is 2.38. The first kappa shape index (κ1) is 24.2. The monoisotopic (exact) mass is 476 g/mol. The van der Waals surface area contributed by atoms with Crippen LogP contribution < -0.4 is 5.56 Å². The lowest BCUT2D eigenvalue weighted by Gasteiger charge is -2.41. The first-order valence-electron chi connectivity index (χ1n) is 13.6. The first-order valence-corrected chi connectivity index (χ1v) is 13.6. The van der Waals surface area contributed by atoms with Crippen LogP contribution in [0.4, 0.5) is 0 Å². The lowest BCUT2D eigenvalue weighted by atomic mass is 9.90. The zero-order valence-corrected chi connectivity index (χ0v) is 21.8. The summed E-state index contributed by atoms with van der Waals surface area (Å²) in [5.74, 6) is 1.30. The Labute approximate surface area is 208 Å². The van der Waals surface area contributed by atoms with Gasteiger partial charge in [-0.05, 0) is 79.0 Å². The van der Waals surface area contributed by atoms with E-state index in [0.29, 0.717) is 24.5 Å². The van der Waals surface area contributed by atoms with Crippen molar-refractivity contribution < 1.29 is 0 Å². The zero-order chi connectivity index (χ0) is 24.5. The van der Waals surface area contributed by atoms with Crippen molar-refractivity contribution in [3.05, 3.63) is 51.1 Å². The number of aromatic nitrogens is 5. The number of hydrogen-bond donors (Lipinski definition) is 1. The Balaban J connectivity index is 1.57. The highest BCUT2D eigenvalue weighted by molar-refractivity contribution is 5.82. The third-order valence-corrected chi connectivity index (χ3v) is 8.21. The van der Waals surface area contributed by atoms with Crippen LogP contribution in [0.25, 0.3) is 10.9 Å². The molecule has 1 aromatic carbocycles. The summed E-state index contributed by atoms with van der Waals surface area (Å²) in [7, 11) is 0. The van der Waals surface area contributed by atoms with Gasteiger partial charge in [-0.3, -0.25) is 9.69 Å². The molecule has 0 amide bonds. The number of H-pyrrole nitrogens is 1. The van der Waals surface area contributed by atoms with E-state index in [-0.39, 0.29) is 11.6 Å². The summed E-state index contributed by atoms with van der Waals surface area (Å²) >= 11 is 0. The number of benzene rings is 1. The van der Waals surface area contributed by atoms with Crippen LogP contribution in [0, 0.1) is 19.8 Å². The second kappa shape index (κ2) is 10.2. The van der Waals surface area contributed by atoms with Crippen LogP contribution >= 0.6 is 0 Å². The first-order chi connectivity index (χ1) is 16.9. The molecule has 1 N–H and O–H groups in total. The van der Waals surface area contributed by atoms with Crippen LogP contribution in [0.3, 0.4) is 0 Å². The van der Waals surface area contributed by atoms with E-state index in [0.717, 1.165) is 53.5 Å². The van der Waals surface area contributed by atoms with Crippen molar-refractivity contribution in [2.45, 2.75) is 110 Å². The lowest BCUT2D eigenvalue weighted by Crippen LogP contribution is -2.43. The van der Waals surface area contributed by atoms with Gasteiger partial charge in [0.05, 0.1) is 17.6 Å². The molecule has 35 heavy (non-hydrogen) atoms. The second-order valence-corrected chi connectivity index (χ2v) is 11.2. The fourth-order valence-electron chi connectivity index (χ4n) is 6.55. The van der Waals surface area contributed by atoms with E-state index in [4.69, 9.17) is 0 Å². The van der Waals surface area contributed by atoms with E-state index in [1.165, 1.54) is 37.7 Å². The molecule has 2 aliphatic carbocycles. The molecular formula is C28H40N6O. The zero-order valence-electron chi connectivity index (χ0n) is 21.8. The number of nitrogens with zero attached hydrogens (tertiary/aromatic N) is 5. The number of tetrazole rings is 1. The molecule has 188 valence electrons. The van der Waals surface area contributed by atoms with E-state index >= 15 is 0 Å². The molecule has 5 rings (SSSR count). The number of rotatable bonds is 7. The molecular weight excluding hydrogens is 436 g/mol. The lowest BCUT2D eigenvalue weighted by molar-refractivity contribution is 0.0598. The van der Waals surface area contributed by atoms with Gasteiger partial charge in [-0.25, -0.2) is 4.68 Å². The summed E-state index contributed by atoms with van der Waals surface area (Å²) in [6.07, 6.45) is 10.9. The van der Waals surface area contributed by atoms with Crippen LogP contribution in [0.15, 0.2) is 23.0 Å². The van der Waals surface area contributed by atoms with Crippen LogP contribution in [-0.4, -0.2) is 36.1 Å². The van der Waals surface area contributed by atoms with Gasteiger partial charge < -0.3 is 4.98 Å². The van der Waals surface area contributed by atoms with Crippen molar-refractivity contribution in [1.29, 1.82) is 0 Å². The van der Waals surface area contributed by atoms with Crippen LogP contribution in [0.5, 0.6) is 0 Å². The Kier molecular flexibility index (Phi) is 7.05. The van der Waals surface area contributed by atoms with Crippen molar-refractivity contribution in [2.75, 3.05) is 0 Å². The fourth-order valence-corrected chi connectivity index (χ4v) is 6.55. The predicted octanol–water partition coefficient (Wildman–Crippen LogP) is 5.78. The smallest absolute Gasteiger partial charge is 0.252 e. The minimum atomic E-state index is 0.0168. The number of nitrogens with one attached hydrogen (secondary N) is 1. The molecule has 0 radical (unpaired) electrons. The molecule has 2 saturated carbocycles. The molecule has 1 unspecified atom stereocenters. The maximum Gasteiger partial charge on any atom is 0.252 e. The molecule has 1 atom stereocenters. The Bertz CT molecular complexity index is 1220. The van der Waals surface area contributed by atoms with Crippen molar-refractivity contribution in [2.24, 2.45) is 5.92 Å². The van der Waals surface area contributed by atoms with Gasteiger partial charge in [0.2, 0.25) is 0 Å². The van der Waals surface area contributed by atoms with Gasteiger partial charge in [0.1, 0.15) is 0 Å². The molecule has 3 aromatic rings. The Morgan fingerprint density at radius 1 is 1.03 bits per heavy atom. The minimum absolute atomic E-state index is 0.0168. The highest BCUT2D eigenvalue weighted by Gasteiger charge is 2.36. The van der Waals surface area contributed by atoms with Crippen LogP contribution in [-0.2, 0) is 6.54 Å². The second-order valence-electron chi connectivity index (χ2n) is 11.2. The number of aromatic amines is 1. The predicted molar refractivity (Wildman–Crippen MR) is 139 cm³/mol. The summed E-state index contributed by atoms with van der Waals surface area (Å²) < 4.78 is 2.12. The Morgan fingerprint density at radius 3 is 2.46 bits per heavy atom. The molecule has 2 heterocycles. The van der Waals surface area contributed by atoms with Crippen molar-refractivity contribution in [3.63, 3.8) is 0 Å². The van der Waals surface area contributed by atoms with E-state index < -0.39 is 0 Å². The molecule has 7 heteroatoms. The topological polar surface area (TPSA) is 79.7 Å². The summed E-state index contributed by atoms with van der Waals surface area (Å²) in [4.78, 5) is 19.1. The average Bonchev–Trinajstić information content (AvgIpc) is 3.52. The van der Waals surface area contributed by atoms with Crippen molar-refractivity contribution >= 4 is 10.9 Å². The van der Waals surface area contributed by atoms with E-state index in [1.807, 2.05) is 0 Å². The SMILES string of the molecule is Cc1cc(C)c2[nH]c(=O)c(CN(C3CCCCC3)C(c3nnnn3C3CCCC3)C(C)C)cc2c1. The quantitative estimate of drug-likeness (QED) is 0.468. The number of pyridine rings is 1. The molecule has 0 saturated heterocycles. The van der Waals surface area contributed by atoms with Crippen LogP contribution in [0.2, 0.25) is 0 Å². The molecule has 0 aliphatic heterocycles. The maximum atomic E-state index is 13.3. The largest absolute Gasteiger partial charge is 0.321 e. The fraction of sp³-hybridized carbons (Fsp3) is 0.643. The Morgan fingerprint density at radius 2 is 1.74 bits per heavy atom. The summed E-state index contributed by atoms with van der Waals surface area (Å²) in [6.45, 7) is 9.33. The third kappa shape index (κ3) is 4.92. The maximum absolute atomic E-state index is 13.3. The summed E-state index contributed by atoms with van der Waals surface area (Å²) in [5, 5.41) is 14.3. The van der Waals surface area contributed by atoms with Gasteiger partial charge in [0.15, 0.2) is 5.82 Å². The average molecular weight is 477 g/mol. The molecule has 7 nitrogen and oxygen atoms in total. The van der Waals surface area contributed by atoms with Gasteiger partial charge in [-0.1, -0.05) is 57.6 Å². The van der Waals surface area contributed by atoms with E-state index in [1.54, 1.807) is 0 Å². The van der Waals surface area contributed by atoms with Gasteiger partial charge in [0, 0.05) is 18.2 Å². The number of fused-ring (bicyclic) bond motifs is 1. The third-order valence-electron chi connectivity index (χ3n) is 8.21. The van der Waals surface area contributed by atoms with Crippen molar-refractivity contribution in [3.8, 4) is 0 Å². The van der Waals surface area contributed by atoms with E-state index in [2.05, 4.69) is 76.0 Å². The van der Waals surface area contributed by atoms with Gasteiger partial charge in [-0.2, -0.15) is 0 Å². The molecule has 0 spiro atoms. The molecule has 2 aromatic heterocycles. The highest BCUT2D eigenvalue weighted by atomic mass is 16.1. The van der Waals surface area contributed by atoms with Gasteiger partial charge in [-0.15, -0.1) is 5.10 Å². The summed E-state index contributed by atoms with van der Waals surface area (Å²) in [5.41, 5.74) is 4.12. The van der Waals surface area contributed by atoms with Crippen LogP contribution in [0.1, 0.15) is 106 Å². The van der Waals surface area contributed by atoms with Gasteiger partial charge >= 0.3 is 0 Å². The molecule has 2 fully saturated rings. The molecule has 0 bridgehead atoms. The van der Waals surface area contributed by atoms with Gasteiger partial charge in [0.25, 0.3) is 5.56 Å². The van der Waals surface area contributed by atoms with E-state index in [9.17, 15) is 4.79 Å². The van der Waals surface area contributed by atoms with Crippen molar-refractivity contribution in [1.82, 2.24) is 30.1 Å².